The number of carbonyl (C=O) groups excluding carboxylic acids is 1. The number of rotatable bonds is 5. The second-order valence-corrected chi connectivity index (χ2v) is 4.54. The van der Waals surface area contributed by atoms with E-state index in [2.05, 4.69) is 10.2 Å². The van der Waals surface area contributed by atoms with Crippen LogP contribution < -0.4 is 11.1 Å². The topological polar surface area (TPSA) is 67.6 Å². The molecule has 0 aliphatic carbocycles. The van der Waals surface area contributed by atoms with Crippen LogP contribution in [0.1, 0.15) is 12.8 Å². The smallest absolute Gasteiger partial charge is 0.246 e. The Morgan fingerprint density at radius 2 is 2.19 bits per heavy atom. The van der Waals surface area contributed by atoms with Gasteiger partial charge in [0.25, 0.3) is 0 Å². The Labute approximate surface area is 101 Å². The molecule has 92 valence electrons. The molecule has 0 saturated carbocycles. The summed E-state index contributed by atoms with van der Waals surface area (Å²) < 4.78 is 4.76. The first-order chi connectivity index (χ1) is 7.61. The van der Waals surface area contributed by atoms with Crippen molar-refractivity contribution < 1.29 is 9.53 Å². The molecule has 0 bridgehead atoms. The molecule has 1 fully saturated rings. The molecular weight excluding hydrogens is 226 g/mol. The predicted molar refractivity (Wildman–Crippen MR) is 66.3 cm³/mol. The van der Waals surface area contributed by atoms with Crippen molar-refractivity contribution in [1.29, 1.82) is 0 Å². The van der Waals surface area contributed by atoms with Gasteiger partial charge in [0.05, 0.1) is 4.99 Å². The van der Waals surface area contributed by atoms with Crippen molar-refractivity contribution in [3.05, 3.63) is 0 Å². The van der Waals surface area contributed by atoms with Crippen LogP contribution in [0, 0.1) is 0 Å². The van der Waals surface area contributed by atoms with Crippen LogP contribution >= 0.6 is 12.2 Å². The maximum absolute atomic E-state index is 11.3. The summed E-state index contributed by atoms with van der Waals surface area (Å²) in [6.07, 6.45) is 1.89. The summed E-state index contributed by atoms with van der Waals surface area (Å²) in [6, 6.07) is 0.255. The number of amides is 1. The second-order valence-electron chi connectivity index (χ2n) is 4.02. The van der Waals surface area contributed by atoms with Crippen molar-refractivity contribution in [3.8, 4) is 0 Å². The van der Waals surface area contributed by atoms with E-state index in [1.54, 1.807) is 0 Å². The number of nitrogens with one attached hydrogen (secondary N) is 1. The molecule has 6 heteroatoms. The third kappa shape index (κ3) is 4.87. The number of piperidine rings is 1. The Hall–Kier alpha value is -0.720. The van der Waals surface area contributed by atoms with Crippen molar-refractivity contribution in [2.24, 2.45) is 5.73 Å². The van der Waals surface area contributed by atoms with Gasteiger partial charge in [-0.2, -0.15) is 0 Å². The average Bonchev–Trinajstić information content (AvgIpc) is 2.20. The van der Waals surface area contributed by atoms with Gasteiger partial charge in [0, 0.05) is 32.8 Å². The van der Waals surface area contributed by atoms with Gasteiger partial charge >= 0.3 is 0 Å². The quantitative estimate of drug-likeness (QED) is 0.639. The lowest BCUT2D eigenvalue weighted by Gasteiger charge is -2.31. The van der Waals surface area contributed by atoms with E-state index in [1.807, 2.05) is 0 Å². The zero-order valence-electron chi connectivity index (χ0n) is 9.57. The summed E-state index contributed by atoms with van der Waals surface area (Å²) in [6.45, 7) is 2.66. The van der Waals surface area contributed by atoms with Gasteiger partial charge in [-0.1, -0.05) is 12.2 Å². The standard InChI is InChI=1S/C10H19N3O2S/c1-15-7-10(14)12-8-2-4-13(5-3-8)6-9(11)16/h8H,2-7H2,1H3,(H2,11,16)(H,12,14). The molecule has 0 radical (unpaired) electrons. The fourth-order valence-corrected chi connectivity index (χ4v) is 2.04. The van der Waals surface area contributed by atoms with E-state index < -0.39 is 0 Å². The van der Waals surface area contributed by atoms with Gasteiger partial charge in [0.1, 0.15) is 6.61 Å². The molecule has 0 aromatic rings. The van der Waals surface area contributed by atoms with E-state index in [0.717, 1.165) is 25.9 Å². The summed E-state index contributed by atoms with van der Waals surface area (Å²) in [5, 5.41) is 2.94. The number of likely N-dealkylation sites (tertiary alicyclic amines) is 1. The summed E-state index contributed by atoms with van der Waals surface area (Å²) in [5.41, 5.74) is 5.48. The monoisotopic (exact) mass is 245 g/mol. The van der Waals surface area contributed by atoms with Crippen molar-refractivity contribution in [1.82, 2.24) is 10.2 Å². The molecule has 0 atom stereocenters. The molecule has 1 aliphatic rings. The average molecular weight is 245 g/mol. The third-order valence-electron chi connectivity index (χ3n) is 2.61. The van der Waals surface area contributed by atoms with Crippen LogP contribution in [0.3, 0.4) is 0 Å². The summed E-state index contributed by atoms with van der Waals surface area (Å²) in [4.78, 5) is 14.0. The first kappa shape index (κ1) is 13.3. The number of methoxy groups -OCH3 is 1. The highest BCUT2D eigenvalue weighted by atomic mass is 32.1. The molecule has 1 rings (SSSR count). The van der Waals surface area contributed by atoms with Gasteiger partial charge in [-0.05, 0) is 12.8 Å². The van der Waals surface area contributed by atoms with Gasteiger partial charge in [0.2, 0.25) is 5.91 Å². The van der Waals surface area contributed by atoms with Gasteiger partial charge in [-0.25, -0.2) is 0 Å². The molecule has 1 amide bonds. The Bertz CT molecular complexity index is 252. The number of thiocarbonyl (C=S) groups is 1. The number of ether oxygens (including phenoxy) is 1. The first-order valence-electron chi connectivity index (χ1n) is 5.40. The van der Waals surface area contributed by atoms with E-state index >= 15 is 0 Å². The SMILES string of the molecule is COCC(=O)NC1CCN(CC(N)=S)CC1. The minimum absolute atomic E-state index is 0.0460. The van der Waals surface area contributed by atoms with Crippen molar-refractivity contribution >= 4 is 23.1 Å². The highest BCUT2D eigenvalue weighted by molar-refractivity contribution is 7.80. The lowest BCUT2D eigenvalue weighted by Crippen LogP contribution is -2.47. The number of nitrogens with zero attached hydrogens (tertiary/aromatic N) is 1. The van der Waals surface area contributed by atoms with Gasteiger partial charge in [-0.3, -0.25) is 9.69 Å². The number of nitrogens with two attached hydrogens (primary N) is 1. The maximum atomic E-state index is 11.3. The molecular formula is C10H19N3O2S. The molecule has 1 heterocycles. The first-order valence-corrected chi connectivity index (χ1v) is 5.81. The van der Waals surface area contributed by atoms with E-state index in [9.17, 15) is 4.79 Å². The Morgan fingerprint density at radius 3 is 2.69 bits per heavy atom. The molecule has 3 N–H and O–H groups in total. The number of carbonyl (C=O) groups is 1. The molecule has 0 spiro atoms. The van der Waals surface area contributed by atoms with Gasteiger partial charge in [-0.15, -0.1) is 0 Å². The largest absolute Gasteiger partial charge is 0.392 e. The van der Waals surface area contributed by atoms with E-state index in [4.69, 9.17) is 22.7 Å². The van der Waals surface area contributed by atoms with Gasteiger partial charge < -0.3 is 15.8 Å². The molecule has 0 unspecified atom stereocenters. The van der Waals surface area contributed by atoms with Crippen LogP contribution in [-0.4, -0.2) is 55.2 Å². The predicted octanol–water partition coefficient (Wildman–Crippen LogP) is -0.500. The lowest BCUT2D eigenvalue weighted by atomic mass is 10.1. The van der Waals surface area contributed by atoms with E-state index in [1.165, 1.54) is 7.11 Å². The molecule has 0 aromatic carbocycles. The third-order valence-corrected chi connectivity index (χ3v) is 2.74. The van der Waals surface area contributed by atoms with Crippen molar-refractivity contribution in [3.63, 3.8) is 0 Å². The fourth-order valence-electron chi connectivity index (χ4n) is 1.86. The molecule has 1 saturated heterocycles. The van der Waals surface area contributed by atoms with Crippen LogP contribution in [-0.2, 0) is 9.53 Å². The zero-order chi connectivity index (χ0) is 12.0. The van der Waals surface area contributed by atoms with Crippen LogP contribution in [0.5, 0.6) is 0 Å². The Morgan fingerprint density at radius 1 is 1.56 bits per heavy atom. The Kier molecular flexibility index (Phi) is 5.65. The highest BCUT2D eigenvalue weighted by Crippen LogP contribution is 2.09. The molecule has 0 aromatic heterocycles. The molecule has 16 heavy (non-hydrogen) atoms. The van der Waals surface area contributed by atoms with Crippen molar-refractivity contribution in [2.45, 2.75) is 18.9 Å². The van der Waals surface area contributed by atoms with Crippen LogP contribution in [0.4, 0.5) is 0 Å². The van der Waals surface area contributed by atoms with Crippen LogP contribution in [0.25, 0.3) is 0 Å². The molecule has 1 aliphatic heterocycles. The summed E-state index contributed by atoms with van der Waals surface area (Å²) in [5.74, 6) is -0.0460. The molecule has 5 nitrogen and oxygen atoms in total. The number of hydrogen-bond acceptors (Lipinski definition) is 4. The normalized spacial score (nSPS) is 18.3. The highest BCUT2D eigenvalue weighted by Gasteiger charge is 2.20. The van der Waals surface area contributed by atoms with E-state index in [0.29, 0.717) is 11.5 Å². The van der Waals surface area contributed by atoms with Crippen LogP contribution in [0.2, 0.25) is 0 Å². The van der Waals surface area contributed by atoms with Gasteiger partial charge in [0.15, 0.2) is 0 Å². The second kappa shape index (κ2) is 6.78. The van der Waals surface area contributed by atoms with E-state index in [-0.39, 0.29) is 18.6 Å². The summed E-state index contributed by atoms with van der Waals surface area (Å²) in [7, 11) is 1.52. The van der Waals surface area contributed by atoms with Crippen LogP contribution in [0.15, 0.2) is 0 Å². The Balaban J connectivity index is 2.21. The fraction of sp³-hybridized carbons (Fsp3) is 0.800. The summed E-state index contributed by atoms with van der Waals surface area (Å²) >= 11 is 4.86. The maximum Gasteiger partial charge on any atom is 0.246 e. The minimum Gasteiger partial charge on any atom is -0.392 e. The number of hydrogen-bond donors (Lipinski definition) is 2. The zero-order valence-corrected chi connectivity index (χ0v) is 10.4. The lowest BCUT2D eigenvalue weighted by molar-refractivity contribution is -0.125. The minimum atomic E-state index is -0.0460. The van der Waals surface area contributed by atoms with Crippen molar-refractivity contribution in [2.75, 3.05) is 33.4 Å².